The van der Waals surface area contributed by atoms with Crippen molar-refractivity contribution in [3.05, 3.63) is 0 Å². The Morgan fingerprint density at radius 2 is 2.00 bits per heavy atom. The molecular weight excluding hydrogens is 192 g/mol. The first-order chi connectivity index (χ1) is 7.20. The van der Waals surface area contributed by atoms with Gasteiger partial charge in [0.25, 0.3) is 0 Å². The Morgan fingerprint density at radius 1 is 1.33 bits per heavy atom. The van der Waals surface area contributed by atoms with E-state index in [-0.39, 0.29) is 18.4 Å². The van der Waals surface area contributed by atoms with Gasteiger partial charge in [-0.2, -0.15) is 0 Å². The smallest absolute Gasteiger partial charge is 0.220 e. The molecule has 90 valence electrons. The molecule has 0 bridgehead atoms. The van der Waals surface area contributed by atoms with Gasteiger partial charge in [0, 0.05) is 19.6 Å². The van der Waals surface area contributed by atoms with Crippen molar-refractivity contribution in [2.45, 2.75) is 39.0 Å². The van der Waals surface area contributed by atoms with E-state index in [1.165, 1.54) is 0 Å². The molecule has 1 unspecified atom stereocenters. The Labute approximate surface area is 92.2 Å². The molecule has 4 nitrogen and oxygen atoms in total. The third-order valence-electron chi connectivity index (χ3n) is 2.34. The van der Waals surface area contributed by atoms with Crippen LogP contribution >= 0.6 is 0 Å². The van der Waals surface area contributed by atoms with Crippen LogP contribution in [0.5, 0.6) is 0 Å². The number of hydrogen-bond acceptors (Lipinski definition) is 3. The Balaban J connectivity index is 3.24. The Bertz CT molecular complexity index is 163. The van der Waals surface area contributed by atoms with Gasteiger partial charge in [0.05, 0.1) is 0 Å². The van der Waals surface area contributed by atoms with Gasteiger partial charge in [-0.25, -0.2) is 0 Å². The van der Waals surface area contributed by atoms with E-state index in [0.29, 0.717) is 13.0 Å². The number of rotatable bonds is 9. The summed E-state index contributed by atoms with van der Waals surface area (Å²) in [6, 6.07) is 0. The second-order valence-corrected chi connectivity index (χ2v) is 4.03. The fourth-order valence-electron chi connectivity index (χ4n) is 1.29. The Morgan fingerprint density at radius 3 is 2.60 bits per heavy atom. The van der Waals surface area contributed by atoms with Crippen LogP contribution in [0.3, 0.4) is 0 Å². The highest BCUT2D eigenvalue weighted by Gasteiger charge is 2.05. The highest BCUT2D eigenvalue weighted by molar-refractivity contribution is 5.76. The molecule has 0 heterocycles. The number of nitrogens with two attached hydrogens (primary N) is 1. The lowest BCUT2D eigenvalue weighted by atomic mass is 10.1. The summed E-state index contributed by atoms with van der Waals surface area (Å²) in [5.74, 6) is 0.356. The molecule has 0 radical (unpaired) electrons. The number of aliphatic hydroxyl groups excluding tert-OH is 1. The molecule has 4 N–H and O–H groups in total. The average Bonchev–Trinajstić information content (AvgIpc) is 2.23. The molecule has 0 aromatic heterocycles. The van der Waals surface area contributed by atoms with Gasteiger partial charge in [-0.05, 0) is 25.3 Å². The molecule has 4 heteroatoms. The molecule has 0 saturated carbocycles. The first-order valence-corrected chi connectivity index (χ1v) is 5.78. The van der Waals surface area contributed by atoms with Crippen LogP contribution in [0.25, 0.3) is 0 Å². The van der Waals surface area contributed by atoms with Gasteiger partial charge < -0.3 is 16.2 Å². The van der Waals surface area contributed by atoms with Crippen LogP contribution < -0.4 is 11.1 Å². The topological polar surface area (TPSA) is 75.4 Å². The van der Waals surface area contributed by atoms with Gasteiger partial charge in [0.2, 0.25) is 5.91 Å². The van der Waals surface area contributed by atoms with Crippen molar-refractivity contribution in [1.29, 1.82) is 0 Å². The third kappa shape index (κ3) is 9.69. The number of nitrogens with one attached hydrogen (secondary N) is 1. The fraction of sp³-hybridized carbons (Fsp3) is 0.909. The fourth-order valence-corrected chi connectivity index (χ4v) is 1.29. The van der Waals surface area contributed by atoms with Crippen LogP contribution in [0.4, 0.5) is 0 Å². The van der Waals surface area contributed by atoms with Gasteiger partial charge in [0.1, 0.15) is 0 Å². The minimum absolute atomic E-state index is 0.0927. The molecule has 0 aromatic rings. The summed E-state index contributed by atoms with van der Waals surface area (Å²) in [6.45, 7) is 3.53. The minimum atomic E-state index is 0.0927. The highest BCUT2D eigenvalue weighted by Crippen LogP contribution is 2.00. The first-order valence-electron chi connectivity index (χ1n) is 5.78. The summed E-state index contributed by atoms with van der Waals surface area (Å²) >= 11 is 0. The van der Waals surface area contributed by atoms with Crippen LogP contribution in [0.1, 0.15) is 39.0 Å². The highest BCUT2D eigenvalue weighted by atomic mass is 16.2. The van der Waals surface area contributed by atoms with E-state index in [1.54, 1.807) is 0 Å². The number of aliphatic hydroxyl groups is 1. The van der Waals surface area contributed by atoms with Crippen LogP contribution in [0.2, 0.25) is 0 Å². The zero-order chi connectivity index (χ0) is 11.5. The maximum absolute atomic E-state index is 11.3. The van der Waals surface area contributed by atoms with Gasteiger partial charge >= 0.3 is 0 Å². The molecule has 0 aliphatic heterocycles. The Kier molecular flexibility index (Phi) is 9.52. The maximum atomic E-state index is 11.3. The molecule has 15 heavy (non-hydrogen) atoms. The second-order valence-electron chi connectivity index (χ2n) is 4.03. The first kappa shape index (κ1) is 14.4. The van der Waals surface area contributed by atoms with Crippen LogP contribution in [0, 0.1) is 5.92 Å². The summed E-state index contributed by atoms with van der Waals surface area (Å²) in [6.07, 6.45) is 4.47. The molecule has 1 atom stereocenters. The van der Waals surface area contributed by atoms with Crippen LogP contribution in [-0.4, -0.2) is 30.7 Å². The number of carbonyl (C=O) groups is 1. The van der Waals surface area contributed by atoms with Crippen LogP contribution in [-0.2, 0) is 4.79 Å². The van der Waals surface area contributed by atoms with Crippen molar-refractivity contribution in [1.82, 2.24) is 5.32 Å². The molecule has 1 amide bonds. The normalized spacial score (nSPS) is 12.5. The summed E-state index contributed by atoms with van der Waals surface area (Å²) < 4.78 is 0. The van der Waals surface area contributed by atoms with Crippen LogP contribution in [0.15, 0.2) is 0 Å². The molecule has 0 aliphatic carbocycles. The summed E-state index contributed by atoms with van der Waals surface area (Å²) in [7, 11) is 0. The van der Waals surface area contributed by atoms with Gasteiger partial charge in [-0.3, -0.25) is 4.79 Å². The lowest BCUT2D eigenvalue weighted by molar-refractivity contribution is -0.121. The van der Waals surface area contributed by atoms with Crippen molar-refractivity contribution in [2.24, 2.45) is 11.7 Å². The molecule has 0 spiro atoms. The molecular formula is C11H24N2O2. The van der Waals surface area contributed by atoms with Crippen molar-refractivity contribution in [2.75, 3.05) is 19.7 Å². The molecule has 0 aliphatic rings. The van der Waals surface area contributed by atoms with Crippen molar-refractivity contribution < 1.29 is 9.90 Å². The van der Waals surface area contributed by atoms with E-state index in [2.05, 4.69) is 5.32 Å². The second kappa shape index (κ2) is 9.93. The monoisotopic (exact) mass is 216 g/mol. The molecule has 0 aromatic carbocycles. The summed E-state index contributed by atoms with van der Waals surface area (Å²) in [4.78, 5) is 11.3. The minimum Gasteiger partial charge on any atom is -0.396 e. The third-order valence-corrected chi connectivity index (χ3v) is 2.34. The standard InChI is InChI=1S/C11H24N2O2/c1-10(9-12)8-11(15)13-6-4-2-3-5-7-14/h10,14H,2-9,12H2,1H3,(H,13,15). The SMILES string of the molecule is CC(CN)CC(=O)NCCCCCCO. The molecule has 0 saturated heterocycles. The number of hydrogen-bond donors (Lipinski definition) is 3. The largest absolute Gasteiger partial charge is 0.396 e. The van der Waals surface area contributed by atoms with Gasteiger partial charge in [-0.1, -0.05) is 19.8 Å². The van der Waals surface area contributed by atoms with E-state index in [0.717, 1.165) is 32.2 Å². The number of unbranched alkanes of at least 4 members (excludes halogenated alkanes) is 3. The molecule has 0 fully saturated rings. The van der Waals surface area contributed by atoms with E-state index in [1.807, 2.05) is 6.92 Å². The quantitative estimate of drug-likeness (QED) is 0.495. The van der Waals surface area contributed by atoms with E-state index in [4.69, 9.17) is 10.8 Å². The summed E-state index contributed by atoms with van der Waals surface area (Å²) in [5.41, 5.74) is 5.43. The van der Waals surface area contributed by atoms with Gasteiger partial charge in [0.15, 0.2) is 0 Å². The van der Waals surface area contributed by atoms with Crippen molar-refractivity contribution in [3.8, 4) is 0 Å². The predicted octanol–water partition coefficient (Wildman–Crippen LogP) is 0.640. The van der Waals surface area contributed by atoms with Crippen molar-refractivity contribution >= 4 is 5.91 Å². The maximum Gasteiger partial charge on any atom is 0.220 e. The van der Waals surface area contributed by atoms with E-state index in [9.17, 15) is 4.79 Å². The number of carbonyl (C=O) groups excluding carboxylic acids is 1. The number of amides is 1. The molecule has 0 rings (SSSR count). The van der Waals surface area contributed by atoms with E-state index < -0.39 is 0 Å². The summed E-state index contributed by atoms with van der Waals surface area (Å²) in [5, 5.41) is 11.4. The lowest BCUT2D eigenvalue weighted by Crippen LogP contribution is -2.27. The zero-order valence-corrected chi connectivity index (χ0v) is 9.67. The lowest BCUT2D eigenvalue weighted by Gasteiger charge is -2.08. The Hall–Kier alpha value is -0.610. The average molecular weight is 216 g/mol. The predicted molar refractivity (Wildman–Crippen MR) is 61.4 cm³/mol. The van der Waals surface area contributed by atoms with Gasteiger partial charge in [-0.15, -0.1) is 0 Å². The van der Waals surface area contributed by atoms with E-state index >= 15 is 0 Å². The van der Waals surface area contributed by atoms with Crippen molar-refractivity contribution in [3.63, 3.8) is 0 Å². The zero-order valence-electron chi connectivity index (χ0n) is 9.67.